The standard InChI is InChI=1S/C22H14F3N3O6S/c23-22(24,25)13-2-4-14(5-3-13)27-35(33,34)15-6-7-18-16(11-15)17(21(30)26-18)9-12-1-8-20(29)19(10-12)28(31)32/h1-11,27,29H,(H,26,30). The fourth-order valence-electron chi connectivity index (χ4n) is 3.36. The predicted octanol–water partition coefficient (Wildman–Crippen LogP) is 4.61. The summed E-state index contributed by atoms with van der Waals surface area (Å²) in [6.45, 7) is 0. The Kier molecular flexibility index (Phi) is 5.72. The first-order chi connectivity index (χ1) is 16.3. The zero-order valence-corrected chi connectivity index (χ0v) is 18.1. The number of hydrogen-bond donors (Lipinski definition) is 3. The van der Waals surface area contributed by atoms with Gasteiger partial charge in [0.25, 0.3) is 15.9 Å². The van der Waals surface area contributed by atoms with Crippen molar-refractivity contribution in [1.29, 1.82) is 0 Å². The lowest BCUT2D eigenvalue weighted by Crippen LogP contribution is -2.13. The van der Waals surface area contributed by atoms with E-state index in [1.165, 1.54) is 30.3 Å². The van der Waals surface area contributed by atoms with Crippen molar-refractivity contribution >= 4 is 44.6 Å². The van der Waals surface area contributed by atoms with Gasteiger partial charge in [0.05, 0.1) is 15.4 Å². The van der Waals surface area contributed by atoms with Crippen LogP contribution >= 0.6 is 0 Å². The summed E-state index contributed by atoms with van der Waals surface area (Å²) >= 11 is 0. The number of nitrogens with zero attached hydrogens (tertiary/aromatic N) is 1. The van der Waals surface area contributed by atoms with Crippen LogP contribution in [0.1, 0.15) is 16.7 Å². The molecule has 3 N–H and O–H groups in total. The van der Waals surface area contributed by atoms with E-state index in [-0.39, 0.29) is 27.3 Å². The smallest absolute Gasteiger partial charge is 0.416 e. The Balaban J connectivity index is 1.68. The van der Waals surface area contributed by atoms with Crippen molar-refractivity contribution in [2.45, 2.75) is 11.1 Å². The summed E-state index contributed by atoms with van der Waals surface area (Å²) in [5.74, 6) is -1.14. The third-order valence-electron chi connectivity index (χ3n) is 5.06. The highest BCUT2D eigenvalue weighted by Crippen LogP contribution is 2.36. The number of fused-ring (bicyclic) bond motifs is 1. The molecule has 0 aromatic heterocycles. The number of nitro groups is 1. The number of nitrogens with one attached hydrogen (secondary N) is 2. The van der Waals surface area contributed by atoms with Gasteiger partial charge in [-0.15, -0.1) is 0 Å². The number of anilines is 2. The molecule has 1 aliphatic heterocycles. The first-order valence-corrected chi connectivity index (χ1v) is 11.2. The Labute approximate surface area is 195 Å². The van der Waals surface area contributed by atoms with Gasteiger partial charge >= 0.3 is 11.9 Å². The maximum absolute atomic E-state index is 12.8. The predicted molar refractivity (Wildman–Crippen MR) is 120 cm³/mol. The molecular formula is C22H14F3N3O6S. The van der Waals surface area contributed by atoms with Crippen molar-refractivity contribution in [3.8, 4) is 5.75 Å². The number of hydrogen-bond acceptors (Lipinski definition) is 6. The quantitative estimate of drug-likeness (QED) is 0.263. The molecule has 0 spiro atoms. The van der Waals surface area contributed by atoms with Crippen molar-refractivity contribution in [2.75, 3.05) is 10.0 Å². The fraction of sp³-hybridized carbons (Fsp3) is 0.0455. The van der Waals surface area contributed by atoms with Crippen LogP contribution in [0.2, 0.25) is 0 Å². The summed E-state index contributed by atoms with van der Waals surface area (Å²) in [5.41, 5.74) is -0.888. The van der Waals surface area contributed by atoms with E-state index in [9.17, 15) is 41.6 Å². The Morgan fingerprint density at radius 3 is 2.34 bits per heavy atom. The van der Waals surface area contributed by atoms with Crippen LogP contribution in [0, 0.1) is 10.1 Å². The van der Waals surface area contributed by atoms with Crippen LogP contribution in [0.15, 0.2) is 65.6 Å². The van der Waals surface area contributed by atoms with Gasteiger partial charge in [0, 0.05) is 28.6 Å². The van der Waals surface area contributed by atoms with Crippen molar-refractivity contribution in [3.05, 3.63) is 87.5 Å². The summed E-state index contributed by atoms with van der Waals surface area (Å²) in [4.78, 5) is 22.5. The number of carbonyl (C=O) groups is 1. The van der Waals surface area contributed by atoms with Crippen molar-refractivity contribution in [3.63, 3.8) is 0 Å². The number of alkyl halides is 3. The molecule has 0 radical (unpaired) electrons. The van der Waals surface area contributed by atoms with Crippen molar-refractivity contribution in [2.24, 2.45) is 0 Å². The van der Waals surface area contributed by atoms with E-state index < -0.39 is 44.0 Å². The number of amides is 1. The van der Waals surface area contributed by atoms with Gasteiger partial charge in [0.15, 0.2) is 5.75 Å². The number of aromatic hydroxyl groups is 1. The van der Waals surface area contributed by atoms with E-state index in [0.717, 1.165) is 36.4 Å². The lowest BCUT2D eigenvalue weighted by Gasteiger charge is -2.11. The molecule has 0 unspecified atom stereocenters. The van der Waals surface area contributed by atoms with Crippen LogP contribution in [0.4, 0.5) is 30.2 Å². The molecule has 0 aliphatic carbocycles. The molecular weight excluding hydrogens is 491 g/mol. The van der Waals surface area contributed by atoms with Crippen LogP contribution < -0.4 is 10.0 Å². The minimum Gasteiger partial charge on any atom is -0.502 e. The molecule has 0 saturated heterocycles. The summed E-state index contributed by atoms with van der Waals surface area (Å²) in [7, 11) is -4.24. The third kappa shape index (κ3) is 4.80. The molecule has 1 amide bonds. The van der Waals surface area contributed by atoms with Crippen molar-refractivity contribution < 1.29 is 36.4 Å². The Morgan fingerprint density at radius 2 is 1.71 bits per heavy atom. The molecule has 13 heteroatoms. The van der Waals surface area contributed by atoms with E-state index in [0.29, 0.717) is 5.69 Å². The molecule has 0 fully saturated rings. The van der Waals surface area contributed by atoms with Crippen LogP contribution in [-0.2, 0) is 21.0 Å². The maximum atomic E-state index is 12.8. The topological polar surface area (TPSA) is 139 Å². The summed E-state index contributed by atoms with van der Waals surface area (Å²) in [6, 6.07) is 10.7. The van der Waals surface area contributed by atoms with E-state index >= 15 is 0 Å². The first-order valence-electron chi connectivity index (χ1n) is 9.70. The molecule has 3 aromatic rings. The molecule has 0 bridgehead atoms. The second-order valence-corrected chi connectivity index (χ2v) is 9.09. The molecule has 1 aliphatic rings. The normalized spacial score (nSPS) is 14.5. The number of sulfonamides is 1. The Morgan fingerprint density at radius 1 is 1.03 bits per heavy atom. The molecule has 0 atom stereocenters. The summed E-state index contributed by atoms with van der Waals surface area (Å²) < 4.78 is 66.0. The molecule has 4 rings (SSSR count). The molecule has 9 nitrogen and oxygen atoms in total. The lowest BCUT2D eigenvalue weighted by molar-refractivity contribution is -0.385. The zero-order chi connectivity index (χ0) is 25.5. The number of carbonyl (C=O) groups excluding carboxylic acids is 1. The number of phenolic OH excluding ortho intramolecular Hbond substituents is 1. The molecule has 1 heterocycles. The van der Waals surface area contributed by atoms with Crippen molar-refractivity contribution in [1.82, 2.24) is 0 Å². The monoisotopic (exact) mass is 505 g/mol. The lowest BCUT2D eigenvalue weighted by atomic mass is 10.0. The van der Waals surface area contributed by atoms with Crippen LogP contribution in [0.3, 0.4) is 0 Å². The van der Waals surface area contributed by atoms with E-state index in [4.69, 9.17) is 0 Å². The second kappa shape index (κ2) is 8.43. The largest absolute Gasteiger partial charge is 0.502 e. The van der Waals surface area contributed by atoms with Crippen LogP contribution in [0.25, 0.3) is 11.6 Å². The van der Waals surface area contributed by atoms with E-state index in [2.05, 4.69) is 10.0 Å². The zero-order valence-electron chi connectivity index (χ0n) is 17.3. The van der Waals surface area contributed by atoms with Crippen LogP contribution in [-0.4, -0.2) is 24.4 Å². The van der Waals surface area contributed by atoms with Gasteiger partial charge in [-0.25, -0.2) is 8.42 Å². The third-order valence-corrected chi connectivity index (χ3v) is 6.43. The average Bonchev–Trinajstić information content (AvgIpc) is 3.08. The first kappa shape index (κ1) is 23.8. The van der Waals surface area contributed by atoms with E-state index in [1.54, 1.807) is 0 Å². The van der Waals surface area contributed by atoms with Gasteiger partial charge < -0.3 is 10.4 Å². The Bertz CT molecular complexity index is 1500. The van der Waals surface area contributed by atoms with Gasteiger partial charge in [-0.2, -0.15) is 13.2 Å². The summed E-state index contributed by atoms with van der Waals surface area (Å²) in [5, 5.41) is 23.2. The van der Waals surface area contributed by atoms with Gasteiger partial charge in [-0.1, -0.05) is 6.07 Å². The number of halogens is 3. The van der Waals surface area contributed by atoms with Gasteiger partial charge in [0.2, 0.25) is 0 Å². The number of rotatable bonds is 5. The fourth-order valence-corrected chi connectivity index (χ4v) is 4.45. The molecule has 3 aromatic carbocycles. The number of phenols is 1. The SMILES string of the molecule is O=C1Nc2ccc(S(=O)(=O)Nc3ccc(C(F)(F)F)cc3)cc2C1=Cc1ccc(O)c([N+](=O)[O-])c1. The molecule has 0 saturated carbocycles. The Hall–Kier alpha value is -4.39. The van der Waals surface area contributed by atoms with E-state index in [1.807, 2.05) is 0 Å². The number of benzene rings is 3. The highest BCUT2D eigenvalue weighted by Gasteiger charge is 2.30. The highest BCUT2D eigenvalue weighted by atomic mass is 32.2. The van der Waals surface area contributed by atoms with Gasteiger partial charge in [-0.05, 0) is 60.2 Å². The second-order valence-electron chi connectivity index (χ2n) is 7.41. The molecule has 180 valence electrons. The highest BCUT2D eigenvalue weighted by molar-refractivity contribution is 7.92. The minimum atomic E-state index is -4.57. The van der Waals surface area contributed by atoms with Gasteiger partial charge in [0.1, 0.15) is 0 Å². The minimum absolute atomic E-state index is 0.0200. The van der Waals surface area contributed by atoms with Crippen LogP contribution in [0.5, 0.6) is 5.75 Å². The van der Waals surface area contributed by atoms with Gasteiger partial charge in [-0.3, -0.25) is 19.6 Å². The summed E-state index contributed by atoms with van der Waals surface area (Å²) in [6.07, 6.45) is -3.27. The maximum Gasteiger partial charge on any atom is 0.416 e. The average molecular weight is 505 g/mol. The number of nitro benzene ring substituents is 1. The molecule has 35 heavy (non-hydrogen) atoms.